The van der Waals surface area contributed by atoms with E-state index >= 15 is 0 Å². The van der Waals surface area contributed by atoms with Crippen LogP contribution in [0.2, 0.25) is 0 Å². The maximum absolute atomic E-state index is 12.4. The van der Waals surface area contributed by atoms with Gasteiger partial charge in [-0.25, -0.2) is 0 Å². The number of ketones is 1. The van der Waals surface area contributed by atoms with Crippen LogP contribution in [0.25, 0.3) is 6.08 Å². The first-order chi connectivity index (χ1) is 8.12. The molecule has 1 saturated heterocycles. The molecule has 1 spiro atoms. The lowest BCUT2D eigenvalue weighted by molar-refractivity contribution is -0.143. The molecular formula is C13H9BrO3. The van der Waals surface area contributed by atoms with Crippen LogP contribution in [-0.4, -0.2) is 17.4 Å². The normalized spacial score (nSPS) is 26.2. The third-order valence-corrected chi connectivity index (χ3v) is 3.89. The van der Waals surface area contributed by atoms with Crippen molar-refractivity contribution >= 4 is 33.8 Å². The summed E-state index contributed by atoms with van der Waals surface area (Å²) in [5, 5.41) is 0. The maximum atomic E-state index is 12.4. The molecule has 1 aromatic carbocycles. The molecule has 1 atom stereocenters. The highest BCUT2D eigenvalue weighted by atomic mass is 79.9. The number of fused-ring (bicyclic) bond motifs is 1. The Morgan fingerprint density at radius 2 is 2.12 bits per heavy atom. The molecule has 0 amide bonds. The van der Waals surface area contributed by atoms with Crippen molar-refractivity contribution in [3.63, 3.8) is 0 Å². The summed E-state index contributed by atoms with van der Waals surface area (Å²) in [6.45, 7) is 0. The number of esters is 1. The van der Waals surface area contributed by atoms with E-state index in [2.05, 4.69) is 15.9 Å². The monoisotopic (exact) mass is 292 g/mol. The van der Waals surface area contributed by atoms with Gasteiger partial charge in [-0.15, -0.1) is 0 Å². The topological polar surface area (TPSA) is 43.4 Å². The number of hydrogen-bond donors (Lipinski definition) is 0. The van der Waals surface area contributed by atoms with Crippen LogP contribution in [0.1, 0.15) is 28.8 Å². The van der Waals surface area contributed by atoms with Gasteiger partial charge < -0.3 is 4.74 Å². The highest BCUT2D eigenvalue weighted by molar-refractivity contribution is 9.10. The number of hydrogen-bond acceptors (Lipinski definition) is 3. The van der Waals surface area contributed by atoms with E-state index in [4.69, 9.17) is 4.74 Å². The second kappa shape index (κ2) is 3.53. The second-order valence-electron chi connectivity index (χ2n) is 4.23. The van der Waals surface area contributed by atoms with Gasteiger partial charge in [0.05, 0.1) is 6.42 Å². The lowest BCUT2D eigenvalue weighted by atomic mass is 9.83. The fourth-order valence-electron chi connectivity index (χ4n) is 2.30. The molecule has 1 aliphatic heterocycles. The molecular weight excluding hydrogens is 284 g/mol. The molecule has 86 valence electrons. The molecule has 0 unspecified atom stereocenters. The van der Waals surface area contributed by atoms with Gasteiger partial charge in [0, 0.05) is 16.5 Å². The van der Waals surface area contributed by atoms with E-state index in [1.807, 2.05) is 18.2 Å². The Hall–Kier alpha value is -1.42. The van der Waals surface area contributed by atoms with Crippen LogP contribution in [0, 0.1) is 0 Å². The van der Waals surface area contributed by atoms with Crippen LogP contribution >= 0.6 is 15.9 Å². The van der Waals surface area contributed by atoms with Crippen molar-refractivity contribution in [2.24, 2.45) is 0 Å². The molecule has 1 aromatic rings. The largest absolute Gasteiger partial charge is 0.446 e. The van der Waals surface area contributed by atoms with Crippen molar-refractivity contribution in [2.45, 2.75) is 18.4 Å². The molecule has 4 heteroatoms. The van der Waals surface area contributed by atoms with Crippen molar-refractivity contribution in [1.29, 1.82) is 0 Å². The summed E-state index contributed by atoms with van der Waals surface area (Å²) in [5.74, 6) is -0.427. The third kappa shape index (κ3) is 1.47. The van der Waals surface area contributed by atoms with E-state index in [9.17, 15) is 9.59 Å². The van der Waals surface area contributed by atoms with Crippen LogP contribution in [-0.2, 0) is 9.53 Å². The number of ether oxygens (including phenoxy) is 1. The number of Topliss-reactive ketones (excluding diaryl/α,β-unsaturated/α-hetero) is 1. The van der Waals surface area contributed by atoms with Gasteiger partial charge in [-0.3, -0.25) is 9.59 Å². The van der Waals surface area contributed by atoms with Crippen molar-refractivity contribution in [1.82, 2.24) is 0 Å². The lowest BCUT2D eigenvalue weighted by Gasteiger charge is -2.27. The molecule has 3 rings (SSSR count). The molecule has 1 fully saturated rings. The molecule has 1 aliphatic carbocycles. The van der Waals surface area contributed by atoms with Gasteiger partial charge in [0.1, 0.15) is 0 Å². The predicted octanol–water partition coefficient (Wildman–Crippen LogP) is 2.73. The fraction of sp³-hybridized carbons (Fsp3) is 0.231. The van der Waals surface area contributed by atoms with E-state index in [-0.39, 0.29) is 11.8 Å². The number of halogens is 1. The van der Waals surface area contributed by atoms with Crippen molar-refractivity contribution in [2.75, 3.05) is 0 Å². The van der Waals surface area contributed by atoms with Gasteiger partial charge >= 0.3 is 5.97 Å². The van der Waals surface area contributed by atoms with Gasteiger partial charge in [0.25, 0.3) is 0 Å². The van der Waals surface area contributed by atoms with Crippen molar-refractivity contribution in [3.05, 3.63) is 39.9 Å². The van der Waals surface area contributed by atoms with Gasteiger partial charge in [0.15, 0.2) is 5.60 Å². The van der Waals surface area contributed by atoms with E-state index in [1.54, 1.807) is 12.1 Å². The Morgan fingerprint density at radius 1 is 1.29 bits per heavy atom. The standard InChI is InChI=1S/C13H9BrO3/c14-10-3-1-2-9-8(10)4-6-13(12(9)16)7-5-11(15)17-13/h1-4,6H,5,7H2/t13-/m0/s1. The zero-order valence-electron chi connectivity index (χ0n) is 8.90. The van der Waals surface area contributed by atoms with Crippen molar-refractivity contribution in [3.8, 4) is 0 Å². The Labute approximate surface area is 107 Å². The molecule has 0 bridgehead atoms. The molecule has 1 heterocycles. The molecule has 0 radical (unpaired) electrons. The first-order valence-corrected chi connectivity index (χ1v) is 6.16. The molecule has 0 N–H and O–H groups in total. The summed E-state index contributed by atoms with van der Waals surface area (Å²) in [7, 11) is 0. The smallest absolute Gasteiger partial charge is 0.307 e. The maximum Gasteiger partial charge on any atom is 0.307 e. The van der Waals surface area contributed by atoms with Gasteiger partial charge in [-0.05, 0) is 17.7 Å². The minimum atomic E-state index is -1.05. The Kier molecular flexibility index (Phi) is 2.23. The zero-order chi connectivity index (χ0) is 12.0. The molecule has 17 heavy (non-hydrogen) atoms. The quantitative estimate of drug-likeness (QED) is 0.691. The Bertz CT molecular complexity index is 562. The number of benzene rings is 1. The van der Waals surface area contributed by atoms with Crippen LogP contribution in [0.15, 0.2) is 28.7 Å². The SMILES string of the molecule is O=C1CC[C@]2(C=Cc3c(Br)cccc3C2=O)O1. The first-order valence-electron chi connectivity index (χ1n) is 5.37. The number of carbonyl (C=O) groups excluding carboxylic acids is 2. The predicted molar refractivity (Wildman–Crippen MR) is 65.6 cm³/mol. The van der Waals surface area contributed by atoms with Crippen molar-refractivity contribution < 1.29 is 14.3 Å². The van der Waals surface area contributed by atoms with Crippen LogP contribution < -0.4 is 0 Å². The minimum absolute atomic E-state index is 0.123. The highest BCUT2D eigenvalue weighted by Gasteiger charge is 2.47. The average molecular weight is 293 g/mol. The Balaban J connectivity index is 2.13. The summed E-state index contributed by atoms with van der Waals surface area (Å²) in [4.78, 5) is 23.6. The van der Waals surface area contributed by atoms with E-state index in [0.29, 0.717) is 18.4 Å². The fourth-order valence-corrected chi connectivity index (χ4v) is 2.79. The molecule has 0 aromatic heterocycles. The molecule has 0 saturated carbocycles. The summed E-state index contributed by atoms with van der Waals surface area (Å²) < 4.78 is 6.08. The third-order valence-electron chi connectivity index (χ3n) is 3.20. The summed E-state index contributed by atoms with van der Waals surface area (Å²) in [6, 6.07) is 5.46. The summed E-state index contributed by atoms with van der Waals surface area (Å²) in [5.41, 5.74) is 0.410. The number of carbonyl (C=O) groups is 2. The number of rotatable bonds is 0. The molecule has 2 aliphatic rings. The van der Waals surface area contributed by atoms with Crippen LogP contribution in [0.5, 0.6) is 0 Å². The van der Waals surface area contributed by atoms with Gasteiger partial charge in [-0.2, -0.15) is 0 Å². The van der Waals surface area contributed by atoms with E-state index in [0.717, 1.165) is 10.0 Å². The summed E-state index contributed by atoms with van der Waals surface area (Å²) in [6.07, 6.45) is 4.29. The Morgan fingerprint density at radius 3 is 2.82 bits per heavy atom. The highest BCUT2D eigenvalue weighted by Crippen LogP contribution is 2.38. The van der Waals surface area contributed by atoms with Gasteiger partial charge in [0.2, 0.25) is 5.78 Å². The van der Waals surface area contributed by atoms with Crippen LogP contribution in [0.3, 0.4) is 0 Å². The van der Waals surface area contributed by atoms with Crippen LogP contribution in [0.4, 0.5) is 0 Å². The van der Waals surface area contributed by atoms with E-state index < -0.39 is 5.60 Å². The zero-order valence-corrected chi connectivity index (χ0v) is 10.5. The summed E-state index contributed by atoms with van der Waals surface area (Å²) >= 11 is 3.41. The second-order valence-corrected chi connectivity index (χ2v) is 5.08. The first kappa shape index (κ1) is 10.7. The molecule has 3 nitrogen and oxygen atoms in total. The average Bonchev–Trinajstić information content (AvgIpc) is 2.68. The lowest BCUT2D eigenvalue weighted by Crippen LogP contribution is -2.38. The van der Waals surface area contributed by atoms with Gasteiger partial charge in [-0.1, -0.05) is 34.1 Å². The minimum Gasteiger partial charge on any atom is -0.446 e. The van der Waals surface area contributed by atoms with E-state index in [1.165, 1.54) is 0 Å².